The molecule has 0 radical (unpaired) electrons. The molecule has 1 aliphatic heterocycles. The van der Waals surface area contributed by atoms with E-state index in [-0.39, 0.29) is 24.2 Å². The van der Waals surface area contributed by atoms with Gasteiger partial charge in [-0.3, -0.25) is 14.7 Å². The first-order valence-electron chi connectivity index (χ1n) is 10.7. The van der Waals surface area contributed by atoms with Crippen molar-refractivity contribution in [1.29, 1.82) is 0 Å². The van der Waals surface area contributed by atoms with Gasteiger partial charge in [0.05, 0.1) is 0 Å². The predicted molar refractivity (Wildman–Crippen MR) is 118 cm³/mol. The van der Waals surface area contributed by atoms with Gasteiger partial charge in [-0.25, -0.2) is 4.79 Å². The van der Waals surface area contributed by atoms with Crippen molar-refractivity contribution in [1.82, 2.24) is 15.2 Å². The number of hydrogen-bond acceptors (Lipinski definition) is 6. The Bertz CT molecular complexity index is 1100. The standard InChI is InChI=1S/C24H27N3O4/c1-2-18-11-24(29)31-22-12-20(7-8-21(18)22)30-16-23(28)26-19-6-4-10-27(15-19)14-17-5-3-9-25-13-17/h3,5,7-9,11-13,19H,2,4,6,10,14-16H2,1H3,(H,26,28). The number of amides is 1. The summed E-state index contributed by atoms with van der Waals surface area (Å²) in [6.45, 7) is 4.56. The Morgan fingerprint density at radius 1 is 1.32 bits per heavy atom. The summed E-state index contributed by atoms with van der Waals surface area (Å²) in [6.07, 6.45) is 6.38. The molecule has 7 heteroatoms. The molecule has 4 rings (SSSR count). The number of likely N-dealkylation sites (tertiary alicyclic amines) is 1. The summed E-state index contributed by atoms with van der Waals surface area (Å²) in [4.78, 5) is 30.7. The highest BCUT2D eigenvalue weighted by Crippen LogP contribution is 2.23. The number of rotatable bonds is 7. The van der Waals surface area contributed by atoms with E-state index in [4.69, 9.17) is 9.15 Å². The Hall–Kier alpha value is -3.19. The summed E-state index contributed by atoms with van der Waals surface area (Å²) in [5.74, 6) is 0.345. The number of benzene rings is 1. The first kappa shape index (κ1) is 21.1. The number of aryl methyl sites for hydroxylation is 1. The van der Waals surface area contributed by atoms with Crippen LogP contribution in [0.1, 0.15) is 30.9 Å². The third-order valence-electron chi connectivity index (χ3n) is 5.55. The minimum Gasteiger partial charge on any atom is -0.484 e. The van der Waals surface area contributed by atoms with Crippen LogP contribution in [0, 0.1) is 0 Å². The molecule has 0 spiro atoms. The molecule has 31 heavy (non-hydrogen) atoms. The molecular formula is C24H27N3O4. The SMILES string of the molecule is CCc1cc(=O)oc2cc(OCC(=O)NC3CCCN(Cc4cccnc4)C3)ccc12. The van der Waals surface area contributed by atoms with Gasteiger partial charge in [-0.1, -0.05) is 13.0 Å². The fourth-order valence-electron chi connectivity index (χ4n) is 4.08. The molecular weight excluding hydrogens is 394 g/mol. The smallest absolute Gasteiger partial charge is 0.336 e. The zero-order valence-corrected chi connectivity index (χ0v) is 17.7. The van der Waals surface area contributed by atoms with Gasteiger partial charge in [-0.05, 0) is 55.1 Å². The van der Waals surface area contributed by atoms with E-state index in [1.165, 1.54) is 11.6 Å². The van der Waals surface area contributed by atoms with Crippen molar-refractivity contribution in [2.75, 3.05) is 19.7 Å². The van der Waals surface area contributed by atoms with Crippen molar-refractivity contribution in [3.63, 3.8) is 0 Å². The van der Waals surface area contributed by atoms with Crippen molar-refractivity contribution in [3.8, 4) is 5.75 Å². The number of fused-ring (bicyclic) bond motifs is 1. The summed E-state index contributed by atoms with van der Waals surface area (Å²) in [6, 6.07) is 10.9. The van der Waals surface area contributed by atoms with E-state index in [1.807, 2.05) is 25.3 Å². The van der Waals surface area contributed by atoms with Crippen LogP contribution in [-0.2, 0) is 17.8 Å². The number of hydrogen-bond donors (Lipinski definition) is 1. The van der Waals surface area contributed by atoms with Gasteiger partial charge in [-0.15, -0.1) is 0 Å². The lowest BCUT2D eigenvalue weighted by Gasteiger charge is -2.33. The van der Waals surface area contributed by atoms with Crippen LogP contribution < -0.4 is 15.7 Å². The number of carbonyl (C=O) groups is 1. The van der Waals surface area contributed by atoms with E-state index >= 15 is 0 Å². The molecule has 1 aliphatic rings. The maximum Gasteiger partial charge on any atom is 0.336 e. The van der Waals surface area contributed by atoms with E-state index in [0.29, 0.717) is 11.3 Å². The number of piperidine rings is 1. The first-order valence-corrected chi connectivity index (χ1v) is 10.7. The monoisotopic (exact) mass is 421 g/mol. The largest absolute Gasteiger partial charge is 0.484 e. The lowest BCUT2D eigenvalue weighted by atomic mass is 10.0. The molecule has 162 valence electrons. The van der Waals surface area contributed by atoms with E-state index in [9.17, 15) is 9.59 Å². The molecule has 0 saturated carbocycles. The van der Waals surface area contributed by atoms with Crippen LogP contribution in [0.5, 0.6) is 5.75 Å². The van der Waals surface area contributed by atoms with Gasteiger partial charge in [0.1, 0.15) is 11.3 Å². The number of pyridine rings is 1. The topological polar surface area (TPSA) is 84.7 Å². The minimum atomic E-state index is -0.382. The molecule has 0 bridgehead atoms. The molecule has 1 aromatic carbocycles. The molecule has 1 N–H and O–H groups in total. The molecule has 3 aromatic rings. The number of carbonyl (C=O) groups excluding carboxylic acids is 1. The van der Waals surface area contributed by atoms with Crippen LogP contribution in [-0.4, -0.2) is 41.5 Å². The molecule has 3 heterocycles. The predicted octanol–water partition coefficient (Wildman–Crippen LogP) is 2.91. The van der Waals surface area contributed by atoms with Crippen LogP contribution in [0.3, 0.4) is 0 Å². The van der Waals surface area contributed by atoms with Gasteiger partial charge < -0.3 is 14.5 Å². The van der Waals surface area contributed by atoms with Crippen LogP contribution in [0.2, 0.25) is 0 Å². The fourth-order valence-corrected chi connectivity index (χ4v) is 4.08. The van der Waals surface area contributed by atoms with Crippen LogP contribution >= 0.6 is 0 Å². The van der Waals surface area contributed by atoms with Crippen LogP contribution in [0.15, 0.2) is 58.0 Å². The van der Waals surface area contributed by atoms with Crippen LogP contribution in [0.4, 0.5) is 0 Å². The molecule has 7 nitrogen and oxygen atoms in total. The van der Waals surface area contributed by atoms with Gasteiger partial charge >= 0.3 is 5.63 Å². The van der Waals surface area contributed by atoms with Gasteiger partial charge in [0.2, 0.25) is 0 Å². The van der Waals surface area contributed by atoms with Crippen molar-refractivity contribution in [2.45, 2.75) is 38.8 Å². The van der Waals surface area contributed by atoms with Crippen molar-refractivity contribution in [2.24, 2.45) is 0 Å². The summed E-state index contributed by atoms with van der Waals surface area (Å²) >= 11 is 0. The van der Waals surface area contributed by atoms with Crippen molar-refractivity contribution in [3.05, 3.63) is 70.3 Å². The second kappa shape index (κ2) is 9.75. The summed E-state index contributed by atoms with van der Waals surface area (Å²) in [7, 11) is 0. The zero-order chi connectivity index (χ0) is 21.6. The Balaban J connectivity index is 1.31. The average Bonchev–Trinajstić information content (AvgIpc) is 2.77. The lowest BCUT2D eigenvalue weighted by Crippen LogP contribution is -2.48. The molecule has 1 amide bonds. The number of aromatic nitrogens is 1. The third kappa shape index (κ3) is 5.49. The quantitative estimate of drug-likeness (QED) is 0.591. The molecule has 1 saturated heterocycles. The van der Waals surface area contributed by atoms with Crippen molar-refractivity contribution >= 4 is 16.9 Å². The Kier molecular flexibility index (Phi) is 6.62. The van der Waals surface area contributed by atoms with E-state index < -0.39 is 0 Å². The molecule has 1 fully saturated rings. The van der Waals surface area contributed by atoms with Gasteiger partial charge in [0.15, 0.2) is 6.61 Å². The molecule has 2 aromatic heterocycles. The second-order valence-electron chi connectivity index (χ2n) is 7.89. The Morgan fingerprint density at radius 2 is 2.23 bits per heavy atom. The van der Waals surface area contributed by atoms with E-state index in [1.54, 1.807) is 18.3 Å². The summed E-state index contributed by atoms with van der Waals surface area (Å²) in [5, 5.41) is 3.96. The molecule has 1 atom stereocenters. The summed E-state index contributed by atoms with van der Waals surface area (Å²) in [5.41, 5.74) is 2.20. The number of nitrogens with zero attached hydrogens (tertiary/aromatic N) is 2. The third-order valence-corrected chi connectivity index (χ3v) is 5.55. The zero-order valence-electron chi connectivity index (χ0n) is 17.7. The fraction of sp³-hybridized carbons (Fsp3) is 0.375. The molecule has 1 unspecified atom stereocenters. The number of ether oxygens (including phenoxy) is 1. The van der Waals surface area contributed by atoms with Gasteiger partial charge in [0, 0.05) is 49.0 Å². The van der Waals surface area contributed by atoms with Crippen LogP contribution in [0.25, 0.3) is 11.0 Å². The lowest BCUT2D eigenvalue weighted by molar-refractivity contribution is -0.124. The highest BCUT2D eigenvalue weighted by molar-refractivity contribution is 5.82. The van der Waals surface area contributed by atoms with E-state index in [0.717, 1.165) is 49.8 Å². The summed E-state index contributed by atoms with van der Waals surface area (Å²) < 4.78 is 10.9. The second-order valence-corrected chi connectivity index (χ2v) is 7.89. The Labute approximate surface area is 181 Å². The first-order chi connectivity index (χ1) is 15.1. The highest BCUT2D eigenvalue weighted by Gasteiger charge is 2.21. The average molecular weight is 421 g/mol. The van der Waals surface area contributed by atoms with Gasteiger partial charge in [-0.2, -0.15) is 0 Å². The van der Waals surface area contributed by atoms with Gasteiger partial charge in [0.25, 0.3) is 5.91 Å². The molecule has 0 aliphatic carbocycles. The van der Waals surface area contributed by atoms with Crippen molar-refractivity contribution < 1.29 is 13.9 Å². The maximum atomic E-state index is 12.4. The van der Waals surface area contributed by atoms with E-state index in [2.05, 4.69) is 21.3 Å². The normalized spacial score (nSPS) is 16.9. The Morgan fingerprint density at radius 3 is 3.03 bits per heavy atom. The maximum absolute atomic E-state index is 12.4. The minimum absolute atomic E-state index is 0.0810. The number of nitrogens with one attached hydrogen (secondary N) is 1. The highest BCUT2D eigenvalue weighted by atomic mass is 16.5.